The van der Waals surface area contributed by atoms with Gasteiger partial charge < -0.3 is 9.84 Å². The Hall–Kier alpha value is -2.01. The molecule has 1 aromatic carbocycles. The fourth-order valence-corrected chi connectivity index (χ4v) is 1.34. The van der Waals surface area contributed by atoms with Gasteiger partial charge in [-0.2, -0.15) is 0 Å². The van der Waals surface area contributed by atoms with Crippen molar-refractivity contribution in [3.8, 4) is 0 Å². The normalized spacial score (nSPS) is 10.2. The molecule has 5 heteroatoms. The van der Waals surface area contributed by atoms with Gasteiger partial charge in [0.15, 0.2) is 0 Å². The monoisotopic (exact) mass is 205 g/mol. The van der Waals surface area contributed by atoms with E-state index >= 15 is 0 Å². The lowest BCUT2D eigenvalue weighted by molar-refractivity contribution is 0.514. The first-order valence-corrected chi connectivity index (χ1v) is 4.50. The summed E-state index contributed by atoms with van der Waals surface area (Å²) in [6, 6.07) is 7.60. The zero-order valence-electron chi connectivity index (χ0n) is 7.99. The molecule has 0 saturated heterocycles. The van der Waals surface area contributed by atoms with Crippen molar-refractivity contribution in [3.05, 3.63) is 52.3 Å². The molecular weight excluding hydrogens is 194 g/mol. The van der Waals surface area contributed by atoms with Crippen LogP contribution in [0.4, 0.5) is 5.69 Å². The Kier molecular flexibility index (Phi) is 2.55. The van der Waals surface area contributed by atoms with Crippen LogP contribution in [0.15, 0.2) is 39.7 Å². The second kappa shape index (κ2) is 4.02. The minimum Gasteiger partial charge on any atom is -0.416 e. The standard InChI is InChI=1S/C10H11N3O2/c11-13-8-3-1-7(2-4-8)5-9-6-15-10(14)12-9/h1-4,6,13H,5,11H2,(H,12,14). The second-order valence-corrected chi connectivity index (χ2v) is 3.19. The molecule has 5 nitrogen and oxygen atoms in total. The zero-order valence-corrected chi connectivity index (χ0v) is 7.99. The second-order valence-electron chi connectivity index (χ2n) is 3.19. The number of oxazole rings is 1. The molecule has 0 aliphatic heterocycles. The SMILES string of the molecule is NNc1ccc(Cc2coc(=O)[nH]2)cc1. The van der Waals surface area contributed by atoms with Crippen LogP contribution in [0.5, 0.6) is 0 Å². The lowest BCUT2D eigenvalue weighted by Gasteiger charge is -2.01. The van der Waals surface area contributed by atoms with E-state index in [0.29, 0.717) is 6.42 Å². The lowest BCUT2D eigenvalue weighted by atomic mass is 10.1. The Balaban J connectivity index is 2.14. The minimum atomic E-state index is -0.426. The molecule has 2 rings (SSSR count). The van der Waals surface area contributed by atoms with Gasteiger partial charge in [-0.25, -0.2) is 4.79 Å². The first-order valence-electron chi connectivity index (χ1n) is 4.50. The van der Waals surface area contributed by atoms with E-state index in [-0.39, 0.29) is 0 Å². The lowest BCUT2D eigenvalue weighted by Crippen LogP contribution is -2.06. The highest BCUT2D eigenvalue weighted by Crippen LogP contribution is 2.10. The van der Waals surface area contributed by atoms with Crippen LogP contribution in [0, 0.1) is 0 Å². The molecule has 1 aromatic heterocycles. The number of nitrogens with one attached hydrogen (secondary N) is 2. The van der Waals surface area contributed by atoms with E-state index in [0.717, 1.165) is 16.9 Å². The topological polar surface area (TPSA) is 84.0 Å². The molecule has 0 fully saturated rings. The maximum Gasteiger partial charge on any atom is 0.416 e. The van der Waals surface area contributed by atoms with Gasteiger partial charge in [0, 0.05) is 12.1 Å². The fraction of sp³-hybridized carbons (Fsp3) is 0.100. The Morgan fingerprint density at radius 2 is 2.07 bits per heavy atom. The third-order valence-electron chi connectivity index (χ3n) is 2.09. The number of hydrogen-bond acceptors (Lipinski definition) is 4. The Morgan fingerprint density at radius 1 is 1.33 bits per heavy atom. The summed E-state index contributed by atoms with van der Waals surface area (Å²) in [7, 11) is 0. The average Bonchev–Trinajstić information content (AvgIpc) is 2.65. The van der Waals surface area contributed by atoms with Crippen LogP contribution in [-0.2, 0) is 6.42 Å². The summed E-state index contributed by atoms with van der Waals surface area (Å²) in [5.74, 6) is 4.82. The van der Waals surface area contributed by atoms with Crippen molar-refractivity contribution in [3.63, 3.8) is 0 Å². The molecule has 1 heterocycles. The molecule has 0 spiro atoms. The van der Waals surface area contributed by atoms with E-state index in [4.69, 9.17) is 5.84 Å². The van der Waals surface area contributed by atoms with Crippen LogP contribution < -0.4 is 17.0 Å². The number of aromatic amines is 1. The van der Waals surface area contributed by atoms with Gasteiger partial charge in [-0.05, 0) is 17.7 Å². The van der Waals surface area contributed by atoms with Gasteiger partial charge in [0.25, 0.3) is 0 Å². The third kappa shape index (κ3) is 2.26. The van der Waals surface area contributed by atoms with E-state index in [2.05, 4.69) is 14.8 Å². The summed E-state index contributed by atoms with van der Waals surface area (Å²) in [5, 5.41) is 0. The quantitative estimate of drug-likeness (QED) is 0.512. The van der Waals surface area contributed by atoms with Gasteiger partial charge in [-0.15, -0.1) is 0 Å². The van der Waals surface area contributed by atoms with E-state index in [1.807, 2.05) is 24.3 Å². The van der Waals surface area contributed by atoms with Crippen LogP contribution in [0.25, 0.3) is 0 Å². The molecule has 15 heavy (non-hydrogen) atoms. The molecular formula is C10H11N3O2. The Bertz CT molecular complexity index is 484. The maximum absolute atomic E-state index is 10.7. The van der Waals surface area contributed by atoms with Crippen LogP contribution in [0.2, 0.25) is 0 Å². The molecule has 0 bridgehead atoms. The molecule has 2 aromatic rings. The number of anilines is 1. The summed E-state index contributed by atoms with van der Waals surface area (Å²) < 4.78 is 4.64. The van der Waals surface area contributed by atoms with E-state index < -0.39 is 5.76 Å². The number of benzene rings is 1. The average molecular weight is 205 g/mol. The summed E-state index contributed by atoms with van der Waals surface area (Å²) in [5.41, 5.74) is 5.23. The molecule has 0 saturated carbocycles. The molecule has 0 atom stereocenters. The predicted molar refractivity (Wildman–Crippen MR) is 56.4 cm³/mol. The van der Waals surface area contributed by atoms with Crippen LogP contribution >= 0.6 is 0 Å². The summed E-state index contributed by atoms with van der Waals surface area (Å²) in [6.07, 6.45) is 2.06. The van der Waals surface area contributed by atoms with Crippen molar-refractivity contribution in [1.82, 2.24) is 4.98 Å². The Labute approximate surface area is 85.9 Å². The molecule has 0 unspecified atom stereocenters. The smallest absolute Gasteiger partial charge is 0.416 e. The van der Waals surface area contributed by atoms with Crippen LogP contribution in [-0.4, -0.2) is 4.98 Å². The number of nitrogens with two attached hydrogens (primary N) is 1. The van der Waals surface area contributed by atoms with Gasteiger partial charge in [0.2, 0.25) is 0 Å². The summed E-state index contributed by atoms with van der Waals surface area (Å²) >= 11 is 0. The molecule has 0 aliphatic rings. The third-order valence-corrected chi connectivity index (χ3v) is 2.09. The zero-order chi connectivity index (χ0) is 10.7. The molecule has 4 N–H and O–H groups in total. The van der Waals surface area contributed by atoms with Gasteiger partial charge in [0.1, 0.15) is 6.26 Å². The highest BCUT2D eigenvalue weighted by molar-refractivity contribution is 5.43. The first kappa shape index (κ1) is 9.54. The number of nitrogen functional groups attached to an aromatic ring is 1. The summed E-state index contributed by atoms with van der Waals surface area (Å²) in [6.45, 7) is 0. The summed E-state index contributed by atoms with van der Waals surface area (Å²) in [4.78, 5) is 13.3. The highest BCUT2D eigenvalue weighted by Gasteiger charge is 1.99. The van der Waals surface area contributed by atoms with Crippen molar-refractivity contribution < 1.29 is 4.42 Å². The number of rotatable bonds is 3. The van der Waals surface area contributed by atoms with E-state index in [9.17, 15) is 4.79 Å². The molecule has 0 radical (unpaired) electrons. The highest BCUT2D eigenvalue weighted by atomic mass is 16.4. The molecule has 0 aliphatic carbocycles. The fourth-order valence-electron chi connectivity index (χ4n) is 1.34. The Morgan fingerprint density at radius 3 is 2.60 bits per heavy atom. The van der Waals surface area contributed by atoms with Gasteiger partial charge in [-0.1, -0.05) is 12.1 Å². The van der Waals surface area contributed by atoms with Crippen LogP contribution in [0.1, 0.15) is 11.3 Å². The maximum atomic E-state index is 10.7. The van der Waals surface area contributed by atoms with Crippen molar-refractivity contribution in [2.45, 2.75) is 6.42 Å². The largest absolute Gasteiger partial charge is 0.416 e. The molecule has 78 valence electrons. The van der Waals surface area contributed by atoms with Gasteiger partial charge in [-0.3, -0.25) is 10.8 Å². The number of aromatic nitrogens is 1. The van der Waals surface area contributed by atoms with Crippen molar-refractivity contribution in [2.75, 3.05) is 5.43 Å². The number of hydrazine groups is 1. The van der Waals surface area contributed by atoms with Crippen LogP contribution in [0.3, 0.4) is 0 Å². The van der Waals surface area contributed by atoms with Gasteiger partial charge >= 0.3 is 5.76 Å². The molecule has 0 amide bonds. The minimum absolute atomic E-state index is 0.426. The first-order chi connectivity index (χ1) is 7.28. The van der Waals surface area contributed by atoms with Gasteiger partial charge in [0.05, 0.1) is 5.69 Å². The number of hydrogen-bond donors (Lipinski definition) is 3. The van der Waals surface area contributed by atoms with Crippen molar-refractivity contribution in [1.29, 1.82) is 0 Å². The predicted octanol–water partition coefficient (Wildman–Crippen LogP) is 0.844. The number of H-pyrrole nitrogens is 1. The van der Waals surface area contributed by atoms with E-state index in [1.165, 1.54) is 6.26 Å². The van der Waals surface area contributed by atoms with Crippen molar-refractivity contribution in [2.24, 2.45) is 5.84 Å². The van der Waals surface area contributed by atoms with E-state index in [1.54, 1.807) is 0 Å². The van der Waals surface area contributed by atoms with Crippen molar-refractivity contribution >= 4 is 5.69 Å².